The van der Waals surface area contributed by atoms with Crippen LogP contribution in [0.25, 0.3) is 10.9 Å². The summed E-state index contributed by atoms with van der Waals surface area (Å²) in [6, 6.07) is 5.60. The Kier molecular flexibility index (Phi) is 3.16. The van der Waals surface area contributed by atoms with Gasteiger partial charge in [-0.1, -0.05) is 0 Å². The highest BCUT2D eigenvalue weighted by Crippen LogP contribution is 2.20. The van der Waals surface area contributed by atoms with Crippen molar-refractivity contribution in [3.8, 4) is 0 Å². The maximum Gasteiger partial charge on any atom is 0.152 e. The van der Waals surface area contributed by atoms with Crippen LogP contribution in [-0.2, 0) is 13.5 Å². The summed E-state index contributed by atoms with van der Waals surface area (Å²) in [6.07, 6.45) is 3.96. The van der Waals surface area contributed by atoms with Crippen LogP contribution in [0.3, 0.4) is 0 Å². The molecule has 0 atom stereocenters. The molecule has 0 aliphatic rings. The number of rotatable bonds is 4. The first-order valence-electron chi connectivity index (χ1n) is 6.31. The van der Waals surface area contributed by atoms with Gasteiger partial charge in [-0.3, -0.25) is 4.68 Å². The molecule has 102 valence electrons. The molecule has 2 heterocycles. The fourth-order valence-electron chi connectivity index (χ4n) is 2.01. The Morgan fingerprint density at radius 2 is 2.15 bits per heavy atom. The number of nitrogens with zero attached hydrogens (tertiary/aromatic N) is 5. The van der Waals surface area contributed by atoms with Crippen molar-refractivity contribution in [2.45, 2.75) is 6.42 Å². The van der Waals surface area contributed by atoms with E-state index in [4.69, 9.17) is 5.73 Å². The Morgan fingerprint density at radius 3 is 2.95 bits per heavy atom. The van der Waals surface area contributed by atoms with Gasteiger partial charge < -0.3 is 11.1 Å². The average Bonchev–Trinajstić information content (AvgIpc) is 2.84. The van der Waals surface area contributed by atoms with Crippen molar-refractivity contribution in [1.29, 1.82) is 0 Å². The lowest BCUT2D eigenvalue weighted by atomic mass is 10.2. The fourth-order valence-corrected chi connectivity index (χ4v) is 2.01. The van der Waals surface area contributed by atoms with Gasteiger partial charge in [0.25, 0.3) is 0 Å². The van der Waals surface area contributed by atoms with E-state index in [1.807, 2.05) is 25.2 Å². The molecule has 0 fully saturated rings. The second-order valence-corrected chi connectivity index (χ2v) is 4.51. The number of hydrogen-bond acceptors (Lipinski definition) is 6. The summed E-state index contributed by atoms with van der Waals surface area (Å²) in [5.41, 5.74) is 7.28. The van der Waals surface area contributed by atoms with Crippen LogP contribution in [0, 0.1) is 0 Å². The molecule has 3 aromatic rings. The smallest absolute Gasteiger partial charge is 0.152 e. The number of anilines is 2. The molecule has 0 aliphatic carbocycles. The maximum absolute atomic E-state index is 5.75. The van der Waals surface area contributed by atoms with Gasteiger partial charge in [0, 0.05) is 31.1 Å². The topological polar surface area (TPSA) is 94.5 Å². The van der Waals surface area contributed by atoms with Crippen molar-refractivity contribution < 1.29 is 0 Å². The molecule has 7 heteroatoms. The number of benzene rings is 1. The van der Waals surface area contributed by atoms with Gasteiger partial charge in [0.2, 0.25) is 0 Å². The van der Waals surface area contributed by atoms with Crippen LogP contribution in [0.5, 0.6) is 0 Å². The van der Waals surface area contributed by atoms with E-state index in [1.54, 1.807) is 11.0 Å². The summed E-state index contributed by atoms with van der Waals surface area (Å²) in [5, 5.41) is 8.47. The Morgan fingerprint density at radius 1 is 1.25 bits per heavy atom. The lowest BCUT2D eigenvalue weighted by Crippen LogP contribution is -2.08. The molecule has 0 saturated heterocycles. The molecular weight excluding hydrogens is 254 g/mol. The predicted molar refractivity (Wildman–Crippen MR) is 77.1 cm³/mol. The monoisotopic (exact) mass is 269 g/mol. The highest BCUT2D eigenvalue weighted by atomic mass is 15.3. The molecule has 0 bridgehead atoms. The minimum absolute atomic E-state index is 0.694. The van der Waals surface area contributed by atoms with Crippen molar-refractivity contribution in [3.63, 3.8) is 0 Å². The van der Waals surface area contributed by atoms with Crippen molar-refractivity contribution in [2.24, 2.45) is 7.05 Å². The first-order chi connectivity index (χ1) is 9.72. The summed E-state index contributed by atoms with van der Waals surface area (Å²) in [4.78, 5) is 12.7. The highest BCUT2D eigenvalue weighted by molar-refractivity contribution is 5.90. The predicted octanol–water partition coefficient (Wildman–Crippen LogP) is 0.995. The molecule has 20 heavy (non-hydrogen) atoms. The van der Waals surface area contributed by atoms with Gasteiger partial charge in [-0.05, 0) is 18.2 Å². The second-order valence-electron chi connectivity index (χ2n) is 4.51. The van der Waals surface area contributed by atoms with E-state index in [-0.39, 0.29) is 0 Å². The molecule has 0 spiro atoms. The van der Waals surface area contributed by atoms with Crippen molar-refractivity contribution in [2.75, 3.05) is 17.6 Å². The van der Waals surface area contributed by atoms with Crippen molar-refractivity contribution in [3.05, 3.63) is 36.7 Å². The van der Waals surface area contributed by atoms with Gasteiger partial charge in [-0.2, -0.15) is 5.10 Å². The molecule has 3 rings (SSSR count). The molecule has 2 aromatic heterocycles. The van der Waals surface area contributed by atoms with Crippen LogP contribution in [0.4, 0.5) is 11.5 Å². The number of aromatic nitrogens is 5. The third-order valence-electron chi connectivity index (χ3n) is 2.95. The minimum Gasteiger partial charge on any atom is -0.399 e. The van der Waals surface area contributed by atoms with Gasteiger partial charge in [0.05, 0.1) is 5.52 Å². The first-order valence-corrected chi connectivity index (χ1v) is 6.31. The van der Waals surface area contributed by atoms with E-state index in [9.17, 15) is 0 Å². The van der Waals surface area contributed by atoms with Crippen LogP contribution in [0.15, 0.2) is 30.9 Å². The molecule has 3 N–H and O–H groups in total. The average molecular weight is 269 g/mol. The SMILES string of the molecule is Cn1cnc(CCNc2ncnc3cc(N)ccc23)n1. The molecule has 0 amide bonds. The molecule has 7 nitrogen and oxygen atoms in total. The number of nitrogens with one attached hydrogen (secondary N) is 1. The van der Waals surface area contributed by atoms with Crippen LogP contribution >= 0.6 is 0 Å². The normalized spacial score (nSPS) is 10.8. The Bertz CT molecular complexity index is 734. The quantitative estimate of drug-likeness (QED) is 0.686. The molecular formula is C13H15N7. The van der Waals surface area contributed by atoms with Crippen molar-refractivity contribution in [1.82, 2.24) is 24.7 Å². The van der Waals surface area contributed by atoms with E-state index < -0.39 is 0 Å². The van der Waals surface area contributed by atoms with Crippen LogP contribution in [0.1, 0.15) is 5.82 Å². The molecule has 0 saturated carbocycles. The Hall–Kier alpha value is -2.70. The molecule has 0 radical (unpaired) electrons. The third kappa shape index (κ3) is 2.51. The molecule has 0 aliphatic heterocycles. The van der Waals surface area contributed by atoms with Gasteiger partial charge >= 0.3 is 0 Å². The summed E-state index contributed by atoms with van der Waals surface area (Å²) in [5.74, 6) is 1.61. The lowest BCUT2D eigenvalue weighted by molar-refractivity contribution is 0.742. The van der Waals surface area contributed by atoms with Crippen LogP contribution in [0.2, 0.25) is 0 Å². The molecule has 0 unspecified atom stereocenters. The number of aryl methyl sites for hydroxylation is 1. The third-order valence-corrected chi connectivity index (χ3v) is 2.95. The zero-order valence-corrected chi connectivity index (χ0v) is 11.1. The Labute approximate surface area is 115 Å². The van der Waals surface area contributed by atoms with E-state index in [2.05, 4.69) is 25.4 Å². The first kappa shape index (κ1) is 12.3. The lowest BCUT2D eigenvalue weighted by Gasteiger charge is -2.07. The highest BCUT2D eigenvalue weighted by Gasteiger charge is 2.04. The molecule has 1 aromatic carbocycles. The van der Waals surface area contributed by atoms with E-state index in [1.165, 1.54) is 6.33 Å². The number of hydrogen-bond donors (Lipinski definition) is 2. The van der Waals surface area contributed by atoms with Gasteiger partial charge in [-0.25, -0.2) is 15.0 Å². The van der Waals surface area contributed by atoms with E-state index in [0.29, 0.717) is 12.2 Å². The van der Waals surface area contributed by atoms with Gasteiger partial charge in [0.1, 0.15) is 18.5 Å². The van der Waals surface area contributed by atoms with Gasteiger partial charge in [0.15, 0.2) is 5.82 Å². The summed E-state index contributed by atoms with van der Waals surface area (Å²) < 4.78 is 1.69. The van der Waals surface area contributed by atoms with E-state index >= 15 is 0 Å². The largest absolute Gasteiger partial charge is 0.399 e. The summed E-state index contributed by atoms with van der Waals surface area (Å²) in [6.45, 7) is 0.709. The number of nitrogens with two attached hydrogens (primary N) is 1. The van der Waals surface area contributed by atoms with E-state index in [0.717, 1.165) is 29.0 Å². The number of fused-ring (bicyclic) bond motifs is 1. The summed E-state index contributed by atoms with van der Waals surface area (Å²) >= 11 is 0. The number of nitrogen functional groups attached to an aromatic ring is 1. The zero-order valence-electron chi connectivity index (χ0n) is 11.1. The minimum atomic E-state index is 0.694. The maximum atomic E-state index is 5.75. The summed E-state index contributed by atoms with van der Waals surface area (Å²) in [7, 11) is 1.85. The van der Waals surface area contributed by atoms with Gasteiger partial charge in [-0.15, -0.1) is 0 Å². The second kappa shape index (κ2) is 5.12. The van der Waals surface area contributed by atoms with Crippen molar-refractivity contribution >= 4 is 22.4 Å². The van der Waals surface area contributed by atoms with Crippen LogP contribution in [-0.4, -0.2) is 31.3 Å². The zero-order chi connectivity index (χ0) is 13.9. The fraction of sp³-hybridized carbons (Fsp3) is 0.231. The Balaban J connectivity index is 1.74. The van der Waals surface area contributed by atoms with Crippen LogP contribution < -0.4 is 11.1 Å². The standard InChI is InChI=1S/C13H15N7/c1-20-8-18-12(19-20)4-5-15-13-10-3-2-9(14)6-11(10)16-7-17-13/h2-3,6-8H,4-5,14H2,1H3,(H,15,16,17).